The van der Waals surface area contributed by atoms with Gasteiger partial charge in [-0.15, -0.1) is 0 Å². The number of para-hydroxylation sites is 1. The number of nitrogens with two attached hydrogens (primary N) is 1. The van der Waals surface area contributed by atoms with Crippen molar-refractivity contribution in [3.05, 3.63) is 54.6 Å². The largest absolute Gasteiger partial charge is 0.457 e. The lowest BCUT2D eigenvalue weighted by Crippen LogP contribution is -2.30. The minimum Gasteiger partial charge on any atom is -0.457 e. The van der Waals surface area contributed by atoms with E-state index in [2.05, 4.69) is 24.2 Å². The molecule has 0 aromatic heterocycles. The van der Waals surface area contributed by atoms with Crippen LogP contribution < -0.4 is 15.8 Å². The first kappa shape index (κ1) is 18.8. The Morgan fingerprint density at radius 2 is 1.76 bits per heavy atom. The molecule has 0 saturated heterocycles. The standard InChI is InChI=1S/C20H27N3O2/c1-3-20(4-2,15-24)14-22-19(21)23-16-9-8-12-18(13-16)25-17-10-6-5-7-11-17/h5-13,24H,3-4,14-15H2,1-2H3,(H3,21,22,23). The average molecular weight is 341 g/mol. The number of aliphatic imine (C=N–C) groups is 1. The van der Waals surface area contributed by atoms with E-state index < -0.39 is 0 Å². The summed E-state index contributed by atoms with van der Waals surface area (Å²) in [5.74, 6) is 1.83. The van der Waals surface area contributed by atoms with Crippen LogP contribution in [0.15, 0.2) is 59.6 Å². The predicted molar refractivity (Wildman–Crippen MR) is 103 cm³/mol. The van der Waals surface area contributed by atoms with Crippen LogP contribution >= 0.6 is 0 Å². The quantitative estimate of drug-likeness (QED) is 0.501. The molecule has 5 nitrogen and oxygen atoms in total. The van der Waals surface area contributed by atoms with E-state index in [1.165, 1.54) is 0 Å². The molecule has 2 rings (SSSR count). The van der Waals surface area contributed by atoms with Crippen molar-refractivity contribution in [1.29, 1.82) is 0 Å². The number of nitrogens with one attached hydrogen (secondary N) is 1. The second-order valence-corrected chi connectivity index (χ2v) is 6.13. The Kier molecular flexibility index (Phi) is 6.83. The summed E-state index contributed by atoms with van der Waals surface area (Å²) in [6.45, 7) is 4.72. The van der Waals surface area contributed by atoms with Gasteiger partial charge in [0.1, 0.15) is 11.5 Å². The van der Waals surface area contributed by atoms with Gasteiger partial charge in [0.15, 0.2) is 5.96 Å². The number of benzene rings is 2. The van der Waals surface area contributed by atoms with Gasteiger partial charge in [-0.25, -0.2) is 0 Å². The van der Waals surface area contributed by atoms with Gasteiger partial charge in [-0.1, -0.05) is 38.1 Å². The molecule has 25 heavy (non-hydrogen) atoms. The highest BCUT2D eigenvalue weighted by atomic mass is 16.5. The van der Waals surface area contributed by atoms with Gasteiger partial charge in [0.2, 0.25) is 0 Å². The van der Waals surface area contributed by atoms with E-state index in [9.17, 15) is 5.11 Å². The number of guanidine groups is 1. The van der Waals surface area contributed by atoms with E-state index in [4.69, 9.17) is 10.5 Å². The molecule has 2 aromatic carbocycles. The Labute approximate surface area is 149 Å². The molecule has 0 aliphatic carbocycles. The molecule has 134 valence electrons. The van der Waals surface area contributed by atoms with E-state index >= 15 is 0 Å². The monoisotopic (exact) mass is 341 g/mol. The maximum absolute atomic E-state index is 9.61. The number of ether oxygens (including phenoxy) is 1. The van der Waals surface area contributed by atoms with Gasteiger partial charge in [0, 0.05) is 17.2 Å². The Bertz CT molecular complexity index is 674. The highest BCUT2D eigenvalue weighted by Gasteiger charge is 2.24. The number of hydrogen-bond donors (Lipinski definition) is 3. The normalized spacial score (nSPS) is 12.0. The second-order valence-electron chi connectivity index (χ2n) is 6.13. The summed E-state index contributed by atoms with van der Waals surface area (Å²) < 4.78 is 5.81. The van der Waals surface area contributed by atoms with Gasteiger partial charge < -0.3 is 20.9 Å². The van der Waals surface area contributed by atoms with Crippen LogP contribution in [0, 0.1) is 5.41 Å². The summed E-state index contributed by atoms with van der Waals surface area (Å²) in [4.78, 5) is 4.40. The third kappa shape index (κ3) is 5.50. The molecule has 0 saturated carbocycles. The van der Waals surface area contributed by atoms with Gasteiger partial charge >= 0.3 is 0 Å². The first-order valence-electron chi connectivity index (χ1n) is 8.61. The van der Waals surface area contributed by atoms with Gasteiger partial charge in [0.25, 0.3) is 0 Å². The fourth-order valence-electron chi connectivity index (χ4n) is 2.45. The molecular weight excluding hydrogens is 314 g/mol. The second kappa shape index (κ2) is 9.08. The van der Waals surface area contributed by atoms with Crippen LogP contribution in [0.2, 0.25) is 0 Å². The van der Waals surface area contributed by atoms with E-state index in [1.807, 2.05) is 54.6 Å². The smallest absolute Gasteiger partial charge is 0.193 e. The minimum absolute atomic E-state index is 0.108. The van der Waals surface area contributed by atoms with Crippen LogP contribution in [0.3, 0.4) is 0 Å². The van der Waals surface area contributed by atoms with Crippen LogP contribution in [0.4, 0.5) is 5.69 Å². The van der Waals surface area contributed by atoms with Crippen LogP contribution in [0.5, 0.6) is 11.5 Å². The van der Waals surface area contributed by atoms with Crippen LogP contribution in [-0.4, -0.2) is 24.2 Å². The lowest BCUT2D eigenvalue weighted by atomic mass is 9.83. The van der Waals surface area contributed by atoms with Crippen LogP contribution in [-0.2, 0) is 0 Å². The molecular formula is C20H27N3O2. The summed E-state index contributed by atoms with van der Waals surface area (Å²) in [7, 11) is 0. The lowest BCUT2D eigenvalue weighted by Gasteiger charge is -2.27. The highest BCUT2D eigenvalue weighted by molar-refractivity contribution is 5.92. The molecule has 2 aromatic rings. The molecule has 0 unspecified atom stereocenters. The van der Waals surface area contributed by atoms with E-state index in [1.54, 1.807) is 0 Å². The molecule has 0 aliphatic heterocycles. The zero-order chi connectivity index (χ0) is 18.1. The topological polar surface area (TPSA) is 79.9 Å². The molecule has 0 bridgehead atoms. The van der Waals surface area contributed by atoms with E-state index in [-0.39, 0.29) is 12.0 Å². The van der Waals surface area contributed by atoms with Gasteiger partial charge in [-0.05, 0) is 37.1 Å². The molecule has 0 heterocycles. The third-order valence-corrected chi connectivity index (χ3v) is 4.51. The molecule has 4 N–H and O–H groups in total. The number of nitrogens with zero attached hydrogens (tertiary/aromatic N) is 1. The minimum atomic E-state index is -0.204. The van der Waals surface area contributed by atoms with Crippen molar-refractivity contribution in [2.45, 2.75) is 26.7 Å². The number of anilines is 1. The molecule has 0 fully saturated rings. The highest BCUT2D eigenvalue weighted by Crippen LogP contribution is 2.26. The molecule has 0 radical (unpaired) electrons. The first-order chi connectivity index (χ1) is 12.1. The number of aliphatic hydroxyl groups is 1. The SMILES string of the molecule is CCC(CC)(CO)CN=C(N)Nc1cccc(Oc2ccccc2)c1. The number of aliphatic hydroxyl groups excluding tert-OH is 1. The van der Waals surface area contributed by atoms with Crippen LogP contribution in [0.25, 0.3) is 0 Å². The van der Waals surface area contributed by atoms with Crippen molar-refractivity contribution < 1.29 is 9.84 Å². The third-order valence-electron chi connectivity index (χ3n) is 4.51. The van der Waals surface area contributed by atoms with Crippen molar-refractivity contribution in [3.8, 4) is 11.5 Å². The average Bonchev–Trinajstić information content (AvgIpc) is 2.64. The summed E-state index contributed by atoms with van der Waals surface area (Å²) in [5.41, 5.74) is 6.60. The van der Waals surface area contributed by atoms with E-state index in [0.717, 1.165) is 30.0 Å². The number of rotatable bonds is 8. The van der Waals surface area contributed by atoms with Crippen molar-refractivity contribution in [1.82, 2.24) is 0 Å². The Morgan fingerprint density at radius 1 is 1.08 bits per heavy atom. The van der Waals surface area contributed by atoms with Crippen LogP contribution in [0.1, 0.15) is 26.7 Å². The zero-order valence-electron chi connectivity index (χ0n) is 14.9. The molecule has 0 spiro atoms. The molecule has 0 aliphatic rings. The Morgan fingerprint density at radius 3 is 2.40 bits per heavy atom. The Hall–Kier alpha value is -2.53. The summed E-state index contributed by atoms with van der Waals surface area (Å²) in [6.07, 6.45) is 1.72. The fourth-order valence-corrected chi connectivity index (χ4v) is 2.45. The predicted octanol–water partition coefficient (Wildman–Crippen LogP) is 4.00. The number of hydrogen-bond acceptors (Lipinski definition) is 3. The maximum atomic E-state index is 9.61. The molecule has 0 amide bonds. The molecule has 0 atom stereocenters. The fraction of sp³-hybridized carbons (Fsp3) is 0.350. The first-order valence-corrected chi connectivity index (χ1v) is 8.61. The lowest BCUT2D eigenvalue weighted by molar-refractivity contribution is 0.123. The summed E-state index contributed by atoms with van der Waals surface area (Å²) >= 11 is 0. The van der Waals surface area contributed by atoms with Crippen molar-refractivity contribution in [2.75, 3.05) is 18.5 Å². The van der Waals surface area contributed by atoms with Gasteiger partial charge in [-0.3, -0.25) is 4.99 Å². The van der Waals surface area contributed by atoms with Crippen molar-refractivity contribution in [3.63, 3.8) is 0 Å². The van der Waals surface area contributed by atoms with Crippen molar-refractivity contribution >= 4 is 11.6 Å². The van der Waals surface area contributed by atoms with Crippen molar-refractivity contribution in [2.24, 2.45) is 16.1 Å². The summed E-state index contributed by atoms with van der Waals surface area (Å²) in [5, 5.41) is 12.7. The Balaban J connectivity index is 2.02. The molecule has 5 heteroatoms. The summed E-state index contributed by atoms with van der Waals surface area (Å²) in [6, 6.07) is 17.2. The van der Waals surface area contributed by atoms with Gasteiger partial charge in [0.05, 0.1) is 13.2 Å². The zero-order valence-corrected chi connectivity index (χ0v) is 14.9. The van der Waals surface area contributed by atoms with Gasteiger partial charge in [-0.2, -0.15) is 0 Å². The van der Waals surface area contributed by atoms with E-state index in [0.29, 0.717) is 12.5 Å². The maximum Gasteiger partial charge on any atom is 0.193 e.